The number of esters is 1. The molecule has 1 rings (SSSR count). The van der Waals surface area contributed by atoms with Crippen LogP contribution < -0.4 is 10.1 Å². The molecule has 0 fully saturated rings. The van der Waals surface area contributed by atoms with Crippen LogP contribution in [-0.4, -0.2) is 36.7 Å². The molecule has 8 heteroatoms. The van der Waals surface area contributed by atoms with Crippen molar-refractivity contribution < 1.29 is 32.5 Å². The minimum atomic E-state index is -4.83. The van der Waals surface area contributed by atoms with Crippen LogP contribution in [0.4, 0.5) is 18.9 Å². The zero-order valence-corrected chi connectivity index (χ0v) is 10.8. The maximum atomic E-state index is 12.2. The Balaban J connectivity index is 2.81. The molecule has 1 atom stereocenters. The van der Waals surface area contributed by atoms with Gasteiger partial charge < -0.3 is 19.9 Å². The van der Waals surface area contributed by atoms with Gasteiger partial charge in [-0.2, -0.15) is 0 Å². The van der Waals surface area contributed by atoms with Gasteiger partial charge in [0.05, 0.1) is 19.3 Å². The summed E-state index contributed by atoms with van der Waals surface area (Å²) in [5.41, 5.74) is -1.88. The Hall–Kier alpha value is -1.96. The van der Waals surface area contributed by atoms with Crippen LogP contribution in [0.25, 0.3) is 0 Å². The van der Waals surface area contributed by atoms with Gasteiger partial charge >= 0.3 is 12.3 Å². The molecular formula is C12H14F3NO4. The number of halogens is 3. The number of anilines is 1. The molecule has 1 aromatic rings. The number of alkyl halides is 3. The Bertz CT molecular complexity index is 474. The first kappa shape index (κ1) is 16.1. The molecule has 0 bridgehead atoms. The number of methoxy groups -OCH3 is 1. The highest BCUT2D eigenvalue weighted by molar-refractivity contribution is 5.79. The fourth-order valence-electron chi connectivity index (χ4n) is 1.39. The van der Waals surface area contributed by atoms with E-state index in [2.05, 4.69) is 14.8 Å². The quantitative estimate of drug-likeness (QED) is 0.812. The van der Waals surface area contributed by atoms with Crippen LogP contribution >= 0.6 is 0 Å². The smallest absolute Gasteiger partial charge is 0.467 e. The van der Waals surface area contributed by atoms with Gasteiger partial charge in [-0.3, -0.25) is 0 Å². The summed E-state index contributed by atoms with van der Waals surface area (Å²) in [5.74, 6) is -1.36. The molecule has 0 aliphatic carbocycles. The van der Waals surface area contributed by atoms with E-state index in [0.717, 1.165) is 13.2 Å². The van der Waals surface area contributed by atoms with Crippen LogP contribution in [0.5, 0.6) is 5.75 Å². The SMILES string of the molecule is COC(=O)C(C)(O)CNc1ccccc1OC(F)(F)F. The lowest BCUT2D eigenvalue weighted by Gasteiger charge is -2.22. The number of hydrogen-bond acceptors (Lipinski definition) is 5. The number of aliphatic hydroxyl groups is 1. The largest absolute Gasteiger partial charge is 0.573 e. The number of nitrogens with one attached hydrogen (secondary N) is 1. The van der Waals surface area contributed by atoms with Gasteiger partial charge in [0.15, 0.2) is 11.4 Å². The lowest BCUT2D eigenvalue weighted by molar-refractivity contribution is -0.274. The Kier molecular flexibility index (Phi) is 4.83. The van der Waals surface area contributed by atoms with Crippen LogP contribution in [0.15, 0.2) is 24.3 Å². The van der Waals surface area contributed by atoms with E-state index in [4.69, 9.17) is 0 Å². The number of para-hydroxylation sites is 2. The van der Waals surface area contributed by atoms with Gasteiger partial charge in [0.25, 0.3) is 0 Å². The van der Waals surface area contributed by atoms with Crippen molar-refractivity contribution in [3.8, 4) is 5.75 Å². The van der Waals surface area contributed by atoms with Gasteiger partial charge in [-0.05, 0) is 19.1 Å². The fourth-order valence-corrected chi connectivity index (χ4v) is 1.39. The van der Waals surface area contributed by atoms with Crippen LogP contribution in [0.2, 0.25) is 0 Å². The van der Waals surface area contributed by atoms with E-state index >= 15 is 0 Å². The maximum Gasteiger partial charge on any atom is 0.573 e. The van der Waals surface area contributed by atoms with E-state index in [9.17, 15) is 23.1 Å². The molecule has 0 aliphatic rings. The predicted molar refractivity (Wildman–Crippen MR) is 64.3 cm³/mol. The van der Waals surface area contributed by atoms with Crippen LogP contribution in [0.3, 0.4) is 0 Å². The fraction of sp³-hybridized carbons (Fsp3) is 0.417. The van der Waals surface area contributed by atoms with Crippen molar-refractivity contribution in [2.75, 3.05) is 19.0 Å². The van der Waals surface area contributed by atoms with Gasteiger partial charge in [-0.25, -0.2) is 4.79 Å². The zero-order chi connectivity index (χ0) is 15.4. The minimum Gasteiger partial charge on any atom is -0.467 e. The van der Waals surface area contributed by atoms with Crippen LogP contribution in [0.1, 0.15) is 6.92 Å². The Morgan fingerprint density at radius 2 is 1.95 bits per heavy atom. The highest BCUT2D eigenvalue weighted by atomic mass is 19.4. The van der Waals surface area contributed by atoms with Gasteiger partial charge in [-0.1, -0.05) is 12.1 Å². The average molecular weight is 293 g/mol. The summed E-state index contributed by atoms with van der Waals surface area (Å²) in [6.45, 7) is 0.844. The Morgan fingerprint density at radius 3 is 2.50 bits per heavy atom. The van der Waals surface area contributed by atoms with Gasteiger partial charge in [-0.15, -0.1) is 13.2 Å². The third-order valence-corrected chi connectivity index (χ3v) is 2.36. The molecule has 0 radical (unpaired) electrons. The Morgan fingerprint density at radius 1 is 1.35 bits per heavy atom. The first-order chi connectivity index (χ1) is 9.15. The van der Waals surface area contributed by atoms with Gasteiger partial charge in [0.1, 0.15) is 0 Å². The molecule has 20 heavy (non-hydrogen) atoms. The molecule has 2 N–H and O–H groups in total. The van der Waals surface area contributed by atoms with Gasteiger partial charge in [0, 0.05) is 0 Å². The predicted octanol–water partition coefficient (Wildman–Crippen LogP) is 1.92. The van der Waals surface area contributed by atoms with Crippen LogP contribution in [0, 0.1) is 0 Å². The van der Waals surface area contributed by atoms with E-state index in [1.165, 1.54) is 25.1 Å². The summed E-state index contributed by atoms with van der Waals surface area (Å²) in [7, 11) is 1.09. The molecule has 0 aromatic heterocycles. The monoisotopic (exact) mass is 293 g/mol. The van der Waals surface area contributed by atoms with Crippen molar-refractivity contribution in [2.45, 2.75) is 18.9 Å². The standard InChI is InChI=1S/C12H14F3NO4/c1-11(18,10(17)19-2)7-16-8-5-3-4-6-9(8)20-12(13,14)15/h3-6,16,18H,7H2,1-2H3. The molecule has 1 unspecified atom stereocenters. The molecule has 0 heterocycles. The number of ether oxygens (including phenoxy) is 2. The molecule has 0 saturated heterocycles. The number of carbonyl (C=O) groups is 1. The van der Waals surface area contributed by atoms with Crippen molar-refractivity contribution in [3.05, 3.63) is 24.3 Å². The van der Waals surface area contributed by atoms with Crippen molar-refractivity contribution in [3.63, 3.8) is 0 Å². The van der Waals surface area contributed by atoms with Crippen molar-refractivity contribution in [1.29, 1.82) is 0 Å². The lowest BCUT2D eigenvalue weighted by atomic mass is 10.1. The summed E-state index contributed by atoms with van der Waals surface area (Å²) in [4.78, 5) is 11.2. The molecule has 0 aliphatic heterocycles. The highest BCUT2D eigenvalue weighted by Gasteiger charge is 2.34. The molecule has 0 spiro atoms. The number of benzene rings is 1. The molecule has 1 aromatic carbocycles. The summed E-state index contributed by atoms with van der Waals surface area (Å²) < 4.78 is 44.8. The molecule has 5 nitrogen and oxygen atoms in total. The van der Waals surface area contributed by atoms with Crippen molar-refractivity contribution >= 4 is 11.7 Å². The van der Waals surface area contributed by atoms with Gasteiger partial charge in [0.2, 0.25) is 0 Å². The van der Waals surface area contributed by atoms with Crippen molar-refractivity contribution in [1.82, 2.24) is 0 Å². The third-order valence-electron chi connectivity index (χ3n) is 2.36. The normalized spacial score (nSPS) is 14.3. The second-order valence-electron chi connectivity index (χ2n) is 4.16. The van der Waals surface area contributed by atoms with E-state index in [0.29, 0.717) is 0 Å². The highest BCUT2D eigenvalue weighted by Crippen LogP contribution is 2.30. The average Bonchev–Trinajstić information content (AvgIpc) is 2.35. The number of rotatable bonds is 5. The first-order valence-corrected chi connectivity index (χ1v) is 5.55. The minimum absolute atomic E-state index is 0.00555. The number of hydrogen-bond donors (Lipinski definition) is 2. The second-order valence-corrected chi connectivity index (χ2v) is 4.16. The van der Waals surface area contributed by atoms with E-state index < -0.39 is 23.7 Å². The maximum absolute atomic E-state index is 12.2. The molecule has 0 saturated carbocycles. The van der Waals surface area contributed by atoms with Crippen LogP contribution in [-0.2, 0) is 9.53 Å². The van der Waals surface area contributed by atoms with E-state index in [-0.39, 0.29) is 12.2 Å². The Labute approximate surface area is 113 Å². The summed E-state index contributed by atoms with van der Waals surface area (Å²) in [6, 6.07) is 5.29. The number of carbonyl (C=O) groups excluding carboxylic acids is 1. The van der Waals surface area contributed by atoms with E-state index in [1.54, 1.807) is 0 Å². The van der Waals surface area contributed by atoms with Crippen molar-refractivity contribution in [2.24, 2.45) is 0 Å². The lowest BCUT2D eigenvalue weighted by Crippen LogP contribution is -2.42. The molecule has 112 valence electrons. The summed E-state index contributed by atoms with van der Waals surface area (Å²) in [5, 5.41) is 12.3. The zero-order valence-electron chi connectivity index (χ0n) is 10.8. The van der Waals surface area contributed by atoms with E-state index in [1.807, 2.05) is 0 Å². The summed E-state index contributed by atoms with van der Waals surface area (Å²) in [6.07, 6.45) is -4.83. The first-order valence-electron chi connectivity index (χ1n) is 5.55. The second kappa shape index (κ2) is 6.00. The molecule has 0 amide bonds. The summed E-state index contributed by atoms with van der Waals surface area (Å²) >= 11 is 0. The third kappa shape index (κ3) is 4.61. The topological polar surface area (TPSA) is 67.8 Å². The molecular weight excluding hydrogens is 279 g/mol.